The highest BCUT2D eigenvalue weighted by molar-refractivity contribution is 5.43. The lowest BCUT2D eigenvalue weighted by atomic mass is 9.88. The van der Waals surface area contributed by atoms with Crippen LogP contribution in [-0.2, 0) is 13.0 Å². The maximum Gasteiger partial charge on any atom is 0.161 e. The number of aryl methyl sites for hydroxylation is 1. The van der Waals surface area contributed by atoms with Gasteiger partial charge in [-0.3, -0.25) is 4.90 Å². The topological polar surface area (TPSA) is 30.9 Å². The van der Waals surface area contributed by atoms with Crippen LogP contribution in [0.2, 0.25) is 0 Å². The van der Waals surface area contributed by atoms with E-state index in [-0.39, 0.29) is 5.41 Å². The molecule has 4 nitrogen and oxygen atoms in total. The molecule has 2 rings (SSSR count). The van der Waals surface area contributed by atoms with Crippen molar-refractivity contribution in [1.29, 1.82) is 0 Å². The smallest absolute Gasteiger partial charge is 0.161 e. The van der Waals surface area contributed by atoms with E-state index in [1.165, 1.54) is 16.7 Å². The molecule has 0 bridgehead atoms. The zero-order chi connectivity index (χ0) is 27.3. The van der Waals surface area contributed by atoms with Crippen LogP contribution in [0.15, 0.2) is 78.6 Å². The predicted octanol–water partition coefficient (Wildman–Crippen LogP) is 8.38. The summed E-state index contributed by atoms with van der Waals surface area (Å²) in [6.07, 6.45) is 9.15. The summed E-state index contributed by atoms with van der Waals surface area (Å²) in [5.41, 5.74) is 3.97. The molecule has 0 radical (unpaired) electrons. The van der Waals surface area contributed by atoms with Crippen molar-refractivity contribution in [3.05, 3.63) is 89.7 Å². The summed E-state index contributed by atoms with van der Waals surface area (Å²) in [5.74, 6) is 3.34. The van der Waals surface area contributed by atoms with Crippen LogP contribution in [0.5, 0.6) is 17.2 Å². The highest BCUT2D eigenvalue weighted by Crippen LogP contribution is 2.29. The number of rotatable bonds is 15. The highest BCUT2D eigenvalue weighted by Gasteiger charge is 2.11. The van der Waals surface area contributed by atoms with Gasteiger partial charge in [-0.2, -0.15) is 0 Å². The molecule has 0 aliphatic rings. The molecule has 0 atom stereocenters. The number of benzene rings is 2. The Bertz CT molecular complexity index is 1050. The van der Waals surface area contributed by atoms with Crippen molar-refractivity contribution in [2.24, 2.45) is 5.41 Å². The van der Waals surface area contributed by atoms with Crippen molar-refractivity contribution in [2.75, 3.05) is 26.8 Å². The van der Waals surface area contributed by atoms with Crippen LogP contribution in [0.3, 0.4) is 0 Å². The van der Waals surface area contributed by atoms with Gasteiger partial charge in [-0.05, 0) is 98.7 Å². The van der Waals surface area contributed by atoms with E-state index in [0.29, 0.717) is 6.61 Å². The summed E-state index contributed by atoms with van der Waals surface area (Å²) < 4.78 is 17.3. The van der Waals surface area contributed by atoms with Crippen LogP contribution in [0.1, 0.15) is 65.5 Å². The SMILES string of the molecule is C=C/C(=C\C=C(/C)Oc1cccc(CCCN(CC)Cc2ccc(OCC)c(OC)c2)c1)CC(C)(C)C. The Morgan fingerprint density at radius 1 is 1.00 bits per heavy atom. The molecule has 0 spiro atoms. The zero-order valence-electron chi connectivity index (χ0n) is 24.1. The van der Waals surface area contributed by atoms with Crippen LogP contribution in [0.25, 0.3) is 0 Å². The van der Waals surface area contributed by atoms with Crippen molar-refractivity contribution in [3.8, 4) is 17.2 Å². The molecule has 0 unspecified atom stereocenters. The summed E-state index contributed by atoms with van der Waals surface area (Å²) in [6, 6.07) is 14.6. The summed E-state index contributed by atoms with van der Waals surface area (Å²) in [4.78, 5) is 2.46. The van der Waals surface area contributed by atoms with Crippen molar-refractivity contribution >= 4 is 0 Å². The Kier molecular flexibility index (Phi) is 12.5. The third-order valence-electron chi connectivity index (χ3n) is 6.03. The molecular formula is C33H47NO3. The second kappa shape index (κ2) is 15.3. The van der Waals surface area contributed by atoms with E-state index in [2.05, 4.69) is 75.6 Å². The average molecular weight is 506 g/mol. The largest absolute Gasteiger partial charge is 0.493 e. The maximum atomic E-state index is 6.11. The molecule has 0 aromatic heterocycles. The van der Waals surface area contributed by atoms with E-state index in [1.807, 2.05) is 38.1 Å². The normalized spacial score (nSPS) is 12.5. The first kappa shape index (κ1) is 30.2. The summed E-state index contributed by atoms with van der Waals surface area (Å²) >= 11 is 0. The van der Waals surface area contributed by atoms with E-state index in [1.54, 1.807) is 7.11 Å². The number of allylic oxidation sites excluding steroid dienone is 5. The first-order valence-electron chi connectivity index (χ1n) is 13.5. The zero-order valence-corrected chi connectivity index (χ0v) is 24.1. The summed E-state index contributed by atoms with van der Waals surface area (Å²) in [6.45, 7) is 20.4. The molecular weight excluding hydrogens is 458 g/mol. The van der Waals surface area contributed by atoms with E-state index in [9.17, 15) is 0 Å². The van der Waals surface area contributed by atoms with Crippen LogP contribution in [0, 0.1) is 5.41 Å². The molecule has 0 fully saturated rings. The van der Waals surface area contributed by atoms with Gasteiger partial charge in [0.1, 0.15) is 11.5 Å². The summed E-state index contributed by atoms with van der Waals surface area (Å²) in [5, 5.41) is 0. The molecule has 202 valence electrons. The first-order valence-corrected chi connectivity index (χ1v) is 13.5. The van der Waals surface area contributed by atoms with Gasteiger partial charge in [0.05, 0.1) is 13.7 Å². The quantitative estimate of drug-likeness (QED) is 0.180. The molecule has 37 heavy (non-hydrogen) atoms. The minimum atomic E-state index is 0.228. The number of nitrogens with zero attached hydrogens (tertiary/aromatic N) is 1. The monoisotopic (exact) mass is 505 g/mol. The lowest BCUT2D eigenvalue weighted by Crippen LogP contribution is -2.24. The van der Waals surface area contributed by atoms with E-state index in [0.717, 1.165) is 61.9 Å². The number of methoxy groups -OCH3 is 1. The second-order valence-corrected chi connectivity index (χ2v) is 10.6. The Balaban J connectivity index is 1.92. The molecule has 0 saturated heterocycles. The van der Waals surface area contributed by atoms with Gasteiger partial charge in [0.25, 0.3) is 0 Å². The molecule has 0 aliphatic carbocycles. The first-order chi connectivity index (χ1) is 17.7. The van der Waals surface area contributed by atoms with E-state index >= 15 is 0 Å². The second-order valence-electron chi connectivity index (χ2n) is 10.6. The van der Waals surface area contributed by atoms with Gasteiger partial charge in [-0.25, -0.2) is 0 Å². The van der Waals surface area contributed by atoms with Crippen LogP contribution >= 0.6 is 0 Å². The number of hydrogen-bond donors (Lipinski definition) is 0. The Labute approximate surface area is 225 Å². The van der Waals surface area contributed by atoms with Gasteiger partial charge in [-0.1, -0.05) is 64.6 Å². The third kappa shape index (κ3) is 11.3. The van der Waals surface area contributed by atoms with Gasteiger partial charge in [0, 0.05) is 6.54 Å². The van der Waals surface area contributed by atoms with Crippen LogP contribution < -0.4 is 14.2 Å². The Hall–Kier alpha value is -2.98. The third-order valence-corrected chi connectivity index (χ3v) is 6.03. The minimum Gasteiger partial charge on any atom is -0.493 e. The van der Waals surface area contributed by atoms with Crippen molar-refractivity contribution < 1.29 is 14.2 Å². The fourth-order valence-corrected chi connectivity index (χ4v) is 4.22. The van der Waals surface area contributed by atoms with Crippen LogP contribution in [0.4, 0.5) is 0 Å². The minimum absolute atomic E-state index is 0.228. The fraction of sp³-hybridized carbons (Fsp3) is 0.455. The Morgan fingerprint density at radius 3 is 2.43 bits per heavy atom. The highest BCUT2D eigenvalue weighted by atomic mass is 16.5. The molecule has 2 aromatic rings. The van der Waals surface area contributed by atoms with Crippen molar-refractivity contribution in [3.63, 3.8) is 0 Å². The molecule has 0 saturated carbocycles. The maximum absolute atomic E-state index is 6.11. The molecule has 0 amide bonds. The molecule has 0 heterocycles. The summed E-state index contributed by atoms with van der Waals surface area (Å²) in [7, 11) is 1.69. The van der Waals surface area contributed by atoms with Gasteiger partial charge < -0.3 is 14.2 Å². The number of hydrogen-bond acceptors (Lipinski definition) is 4. The Morgan fingerprint density at radius 2 is 1.78 bits per heavy atom. The van der Waals surface area contributed by atoms with Gasteiger partial charge in [-0.15, -0.1) is 0 Å². The average Bonchev–Trinajstić information content (AvgIpc) is 2.86. The lowest BCUT2D eigenvalue weighted by molar-refractivity contribution is 0.274. The lowest BCUT2D eigenvalue weighted by Gasteiger charge is -2.21. The molecule has 2 aromatic carbocycles. The molecule has 0 N–H and O–H groups in total. The molecule has 4 heteroatoms. The van der Waals surface area contributed by atoms with Crippen molar-refractivity contribution in [1.82, 2.24) is 4.90 Å². The predicted molar refractivity (Wildman–Crippen MR) is 157 cm³/mol. The standard InChI is InChI=1S/C33H47NO3/c1-9-27(24-33(5,6)7)18-17-26(4)37-30-16-12-14-28(22-30)15-13-21-34(10-2)25-29-19-20-31(36-11-3)32(23-29)35-8/h9,12,14,16-20,22-23H,1,10-11,13,15,21,24-25H2,2-8H3/b26-17+,27-18+. The molecule has 0 aliphatic heterocycles. The van der Waals surface area contributed by atoms with Crippen LogP contribution in [-0.4, -0.2) is 31.7 Å². The van der Waals surface area contributed by atoms with Gasteiger partial charge in [0.15, 0.2) is 11.5 Å². The number of ether oxygens (including phenoxy) is 3. The van der Waals surface area contributed by atoms with E-state index in [4.69, 9.17) is 14.2 Å². The van der Waals surface area contributed by atoms with Gasteiger partial charge >= 0.3 is 0 Å². The van der Waals surface area contributed by atoms with Gasteiger partial charge in [0.2, 0.25) is 0 Å². The van der Waals surface area contributed by atoms with E-state index < -0.39 is 0 Å². The van der Waals surface area contributed by atoms with Crippen molar-refractivity contribution in [2.45, 2.75) is 67.3 Å². The fourth-order valence-electron chi connectivity index (χ4n) is 4.22.